The summed E-state index contributed by atoms with van der Waals surface area (Å²) < 4.78 is 0. The molecule has 0 radical (unpaired) electrons. The van der Waals surface area contributed by atoms with E-state index in [0.717, 1.165) is 25.9 Å². The van der Waals surface area contributed by atoms with Gasteiger partial charge in [-0.3, -0.25) is 9.69 Å². The summed E-state index contributed by atoms with van der Waals surface area (Å²) in [4.78, 5) is 18.0. The van der Waals surface area contributed by atoms with E-state index in [1.54, 1.807) is 0 Å². The number of thiophene rings is 1. The first-order valence-corrected chi connectivity index (χ1v) is 8.09. The van der Waals surface area contributed by atoms with E-state index in [2.05, 4.69) is 27.3 Å². The third-order valence-corrected chi connectivity index (χ3v) is 5.57. The molecule has 4 heteroatoms. The zero-order valence-electron chi connectivity index (χ0n) is 11.6. The van der Waals surface area contributed by atoms with Crippen LogP contribution in [-0.2, 0) is 11.3 Å². The van der Waals surface area contributed by atoms with Gasteiger partial charge in [0.25, 0.3) is 0 Å². The average Bonchev–Trinajstić information content (AvgIpc) is 2.89. The lowest BCUT2D eigenvalue weighted by Crippen LogP contribution is -2.60. The topological polar surface area (TPSA) is 23.6 Å². The van der Waals surface area contributed by atoms with Crippen LogP contribution in [0.3, 0.4) is 0 Å². The molecular formula is C15H22N2OS. The summed E-state index contributed by atoms with van der Waals surface area (Å²) >= 11 is 1.83. The van der Waals surface area contributed by atoms with Crippen molar-refractivity contribution < 1.29 is 4.79 Å². The number of likely N-dealkylation sites (N-methyl/N-ethyl adjacent to an activating group) is 1. The molecule has 1 aromatic rings. The highest BCUT2D eigenvalue weighted by atomic mass is 32.1. The molecule has 1 aromatic heterocycles. The number of nitrogens with zero attached hydrogens (tertiary/aromatic N) is 2. The van der Waals surface area contributed by atoms with Gasteiger partial charge in [-0.25, -0.2) is 0 Å². The maximum atomic E-state index is 12.0. The first kappa shape index (κ1) is 13.1. The molecule has 3 heterocycles. The first-order valence-electron chi connectivity index (χ1n) is 7.21. The van der Waals surface area contributed by atoms with E-state index in [-0.39, 0.29) is 5.54 Å². The third-order valence-electron chi connectivity index (χ3n) is 4.71. The van der Waals surface area contributed by atoms with Gasteiger partial charge in [0, 0.05) is 31.4 Å². The van der Waals surface area contributed by atoms with Crippen LogP contribution in [0, 0.1) is 0 Å². The van der Waals surface area contributed by atoms with Crippen LogP contribution in [0.4, 0.5) is 0 Å². The van der Waals surface area contributed by atoms with Crippen molar-refractivity contribution in [1.29, 1.82) is 0 Å². The minimum atomic E-state index is 0.116. The van der Waals surface area contributed by atoms with Crippen molar-refractivity contribution in [3.8, 4) is 0 Å². The van der Waals surface area contributed by atoms with E-state index in [1.807, 2.05) is 18.4 Å². The van der Waals surface area contributed by atoms with Crippen molar-refractivity contribution in [1.82, 2.24) is 9.80 Å². The van der Waals surface area contributed by atoms with Gasteiger partial charge >= 0.3 is 0 Å². The normalized spacial score (nSPS) is 29.1. The molecule has 2 saturated heterocycles. The fraction of sp³-hybridized carbons (Fsp3) is 0.667. The highest BCUT2D eigenvalue weighted by molar-refractivity contribution is 7.09. The molecule has 1 atom stereocenters. The minimum Gasteiger partial charge on any atom is -0.339 e. The summed E-state index contributed by atoms with van der Waals surface area (Å²) in [7, 11) is 2.01. The van der Waals surface area contributed by atoms with Crippen LogP contribution in [0.1, 0.15) is 37.0 Å². The quantitative estimate of drug-likeness (QED) is 0.830. The second-order valence-electron chi connectivity index (χ2n) is 5.92. The van der Waals surface area contributed by atoms with E-state index < -0.39 is 0 Å². The molecule has 0 saturated carbocycles. The monoisotopic (exact) mass is 278 g/mol. The summed E-state index contributed by atoms with van der Waals surface area (Å²) in [6.07, 6.45) is 5.37. The summed E-state index contributed by atoms with van der Waals surface area (Å²) in [6.45, 7) is 3.26. The van der Waals surface area contributed by atoms with Gasteiger partial charge in [-0.1, -0.05) is 6.07 Å². The molecule has 2 aliphatic rings. The van der Waals surface area contributed by atoms with Gasteiger partial charge in [0.05, 0.1) is 5.54 Å². The number of carbonyl (C=O) groups is 1. The number of likely N-dealkylation sites (tertiary alicyclic amines) is 2. The van der Waals surface area contributed by atoms with Crippen LogP contribution in [0.25, 0.3) is 0 Å². The first-order chi connectivity index (χ1) is 9.20. The zero-order valence-corrected chi connectivity index (χ0v) is 12.4. The predicted molar refractivity (Wildman–Crippen MR) is 78.2 cm³/mol. The van der Waals surface area contributed by atoms with Crippen LogP contribution >= 0.6 is 11.3 Å². The van der Waals surface area contributed by atoms with Gasteiger partial charge in [-0.2, -0.15) is 0 Å². The summed E-state index contributed by atoms with van der Waals surface area (Å²) in [5, 5.41) is 2.14. The molecule has 1 amide bonds. The molecule has 2 fully saturated rings. The van der Waals surface area contributed by atoms with Gasteiger partial charge in [0.2, 0.25) is 5.91 Å². The maximum Gasteiger partial charge on any atom is 0.222 e. The Morgan fingerprint density at radius 3 is 3.00 bits per heavy atom. The zero-order chi connectivity index (χ0) is 13.3. The third kappa shape index (κ3) is 2.56. The Bertz CT molecular complexity index is 441. The highest BCUT2D eigenvalue weighted by Gasteiger charge is 2.43. The van der Waals surface area contributed by atoms with Crippen molar-refractivity contribution in [2.45, 2.75) is 44.2 Å². The van der Waals surface area contributed by atoms with Crippen LogP contribution in [0.2, 0.25) is 0 Å². The van der Waals surface area contributed by atoms with Crippen LogP contribution in [0.5, 0.6) is 0 Å². The Labute approximate surface area is 119 Å². The second-order valence-corrected chi connectivity index (χ2v) is 6.96. The van der Waals surface area contributed by atoms with E-state index in [4.69, 9.17) is 0 Å². The summed E-state index contributed by atoms with van der Waals surface area (Å²) in [5.74, 6) is 0.337. The molecule has 0 N–H and O–H groups in total. The lowest BCUT2D eigenvalue weighted by Gasteiger charge is -2.50. The predicted octanol–water partition coefficient (Wildman–Crippen LogP) is 2.73. The summed E-state index contributed by atoms with van der Waals surface area (Å²) in [5.41, 5.74) is 0.116. The number of hydrogen-bond donors (Lipinski definition) is 0. The second kappa shape index (κ2) is 5.25. The van der Waals surface area contributed by atoms with E-state index >= 15 is 0 Å². The van der Waals surface area contributed by atoms with Crippen molar-refractivity contribution in [2.75, 3.05) is 20.1 Å². The van der Waals surface area contributed by atoms with Crippen LogP contribution in [0.15, 0.2) is 17.5 Å². The number of rotatable bonds is 2. The molecule has 0 aliphatic carbocycles. The molecular weight excluding hydrogens is 256 g/mol. The molecule has 2 aliphatic heterocycles. The van der Waals surface area contributed by atoms with Crippen molar-refractivity contribution >= 4 is 17.2 Å². The largest absolute Gasteiger partial charge is 0.339 e. The Morgan fingerprint density at radius 1 is 1.37 bits per heavy atom. The van der Waals surface area contributed by atoms with Gasteiger partial charge in [0.1, 0.15) is 0 Å². The Balaban J connectivity index is 1.71. The van der Waals surface area contributed by atoms with Gasteiger partial charge in [-0.05, 0) is 43.7 Å². The Hall–Kier alpha value is -0.870. The summed E-state index contributed by atoms with van der Waals surface area (Å²) in [6, 6.07) is 4.33. The molecule has 0 bridgehead atoms. The number of amides is 1. The number of carbonyl (C=O) groups excluding carboxylic acids is 1. The number of piperidine rings is 2. The van der Waals surface area contributed by atoms with E-state index in [0.29, 0.717) is 5.91 Å². The maximum absolute atomic E-state index is 12.0. The SMILES string of the molecule is CN1C(=O)CCCC12CCCN(Cc1cccs1)C2. The smallest absolute Gasteiger partial charge is 0.222 e. The molecule has 1 unspecified atom stereocenters. The van der Waals surface area contributed by atoms with Crippen molar-refractivity contribution in [2.24, 2.45) is 0 Å². The van der Waals surface area contributed by atoms with Crippen molar-refractivity contribution in [3.05, 3.63) is 22.4 Å². The molecule has 104 valence electrons. The molecule has 3 nitrogen and oxygen atoms in total. The lowest BCUT2D eigenvalue weighted by atomic mass is 9.80. The highest BCUT2D eigenvalue weighted by Crippen LogP contribution is 2.36. The van der Waals surface area contributed by atoms with Crippen LogP contribution < -0.4 is 0 Å². The van der Waals surface area contributed by atoms with Crippen molar-refractivity contribution in [3.63, 3.8) is 0 Å². The van der Waals surface area contributed by atoms with Crippen LogP contribution in [-0.4, -0.2) is 41.4 Å². The Morgan fingerprint density at radius 2 is 2.21 bits per heavy atom. The Kier molecular flexibility index (Phi) is 3.63. The fourth-order valence-electron chi connectivity index (χ4n) is 3.61. The van der Waals surface area contributed by atoms with Gasteiger partial charge < -0.3 is 4.90 Å². The van der Waals surface area contributed by atoms with Gasteiger partial charge in [-0.15, -0.1) is 11.3 Å². The average molecular weight is 278 g/mol. The number of hydrogen-bond acceptors (Lipinski definition) is 3. The fourth-order valence-corrected chi connectivity index (χ4v) is 4.36. The molecule has 19 heavy (non-hydrogen) atoms. The standard InChI is InChI=1S/C15H22N2OS/c1-16-14(18)6-2-7-15(16)8-4-9-17(12-15)11-13-5-3-10-19-13/h3,5,10H,2,4,6-9,11-12H2,1H3. The van der Waals surface area contributed by atoms with E-state index in [9.17, 15) is 4.79 Å². The lowest BCUT2D eigenvalue weighted by molar-refractivity contribution is -0.142. The van der Waals surface area contributed by atoms with E-state index in [1.165, 1.54) is 30.7 Å². The molecule has 1 spiro atoms. The molecule has 3 rings (SSSR count). The van der Waals surface area contributed by atoms with Gasteiger partial charge in [0.15, 0.2) is 0 Å². The minimum absolute atomic E-state index is 0.116. The molecule has 0 aromatic carbocycles.